The smallest absolute Gasteiger partial charge is 0.00813 e. The molecule has 1 aliphatic carbocycles. The van der Waals surface area contributed by atoms with Crippen LogP contribution in [0, 0.1) is 12.8 Å². The van der Waals surface area contributed by atoms with Crippen LogP contribution in [0.5, 0.6) is 0 Å². The topological polar surface area (TPSA) is 12.0 Å². The molecule has 19 heavy (non-hydrogen) atoms. The average Bonchev–Trinajstić information content (AvgIpc) is 2.36. The van der Waals surface area contributed by atoms with E-state index in [1.165, 1.54) is 36.8 Å². The number of nitrogens with one attached hydrogen (secondary N) is 1. The number of rotatable bonds is 6. The first-order valence-corrected chi connectivity index (χ1v) is 7.96. The Bertz CT molecular complexity index is 371. The molecule has 0 aromatic heterocycles. The SMILES string of the molecule is CCC(CC)C(C)NC1CC(c2ccc(C)cc2)C1. The van der Waals surface area contributed by atoms with Crippen LogP contribution in [0.3, 0.4) is 0 Å². The largest absolute Gasteiger partial charge is 0.311 e. The summed E-state index contributed by atoms with van der Waals surface area (Å²) >= 11 is 0. The molecule has 1 saturated carbocycles. The van der Waals surface area contributed by atoms with Crippen molar-refractivity contribution in [1.29, 1.82) is 0 Å². The summed E-state index contributed by atoms with van der Waals surface area (Å²) in [5.74, 6) is 1.62. The Kier molecular flexibility index (Phi) is 5.04. The van der Waals surface area contributed by atoms with Crippen molar-refractivity contribution in [2.45, 2.75) is 71.4 Å². The first kappa shape index (κ1) is 14.6. The third-order valence-corrected chi connectivity index (χ3v) is 4.94. The lowest BCUT2D eigenvalue weighted by Gasteiger charge is -2.39. The molecule has 106 valence electrons. The average molecular weight is 259 g/mol. The van der Waals surface area contributed by atoms with Gasteiger partial charge in [0.15, 0.2) is 0 Å². The zero-order chi connectivity index (χ0) is 13.8. The van der Waals surface area contributed by atoms with Crippen LogP contribution in [0.4, 0.5) is 0 Å². The molecular formula is C18H29N. The molecule has 0 heterocycles. The quantitative estimate of drug-likeness (QED) is 0.783. The summed E-state index contributed by atoms with van der Waals surface area (Å²) in [6.07, 6.45) is 5.21. The number of hydrogen-bond acceptors (Lipinski definition) is 1. The number of aryl methyl sites for hydroxylation is 1. The molecule has 0 radical (unpaired) electrons. The standard InChI is InChI=1S/C18H29N/c1-5-15(6-2)14(4)19-18-11-17(12-18)16-9-7-13(3)8-10-16/h7-10,14-15,17-19H,5-6,11-12H2,1-4H3. The molecule has 1 atom stereocenters. The third-order valence-electron chi connectivity index (χ3n) is 4.94. The molecule has 1 unspecified atom stereocenters. The monoisotopic (exact) mass is 259 g/mol. The molecule has 1 aromatic carbocycles. The maximum Gasteiger partial charge on any atom is 0.00813 e. The van der Waals surface area contributed by atoms with E-state index in [0.717, 1.165) is 17.9 Å². The van der Waals surface area contributed by atoms with Crippen molar-refractivity contribution in [3.63, 3.8) is 0 Å². The highest BCUT2D eigenvalue weighted by atomic mass is 15.0. The third kappa shape index (κ3) is 3.60. The van der Waals surface area contributed by atoms with Crippen molar-refractivity contribution in [3.8, 4) is 0 Å². The van der Waals surface area contributed by atoms with E-state index >= 15 is 0 Å². The molecule has 1 aromatic rings. The van der Waals surface area contributed by atoms with Crippen molar-refractivity contribution in [1.82, 2.24) is 5.32 Å². The first-order valence-electron chi connectivity index (χ1n) is 7.96. The Balaban J connectivity index is 1.78. The molecule has 0 spiro atoms. The second-order valence-electron chi connectivity index (χ2n) is 6.31. The highest BCUT2D eigenvalue weighted by molar-refractivity contribution is 5.26. The van der Waals surface area contributed by atoms with Gasteiger partial charge in [-0.1, -0.05) is 56.5 Å². The zero-order valence-corrected chi connectivity index (χ0v) is 12.9. The lowest BCUT2D eigenvalue weighted by atomic mass is 9.75. The van der Waals surface area contributed by atoms with E-state index in [4.69, 9.17) is 0 Å². The van der Waals surface area contributed by atoms with Crippen molar-refractivity contribution in [2.75, 3.05) is 0 Å². The molecule has 0 amide bonds. The summed E-state index contributed by atoms with van der Waals surface area (Å²) in [6.45, 7) is 9.13. The lowest BCUT2D eigenvalue weighted by molar-refractivity contribution is 0.232. The van der Waals surface area contributed by atoms with E-state index in [1.54, 1.807) is 0 Å². The van der Waals surface area contributed by atoms with E-state index in [-0.39, 0.29) is 0 Å². The molecule has 0 aliphatic heterocycles. The van der Waals surface area contributed by atoms with Crippen LogP contribution >= 0.6 is 0 Å². The Morgan fingerprint density at radius 3 is 2.21 bits per heavy atom. The minimum Gasteiger partial charge on any atom is -0.311 e. The predicted molar refractivity (Wildman–Crippen MR) is 83.6 cm³/mol. The Morgan fingerprint density at radius 2 is 1.68 bits per heavy atom. The van der Waals surface area contributed by atoms with E-state index in [1.807, 2.05) is 0 Å². The fraction of sp³-hybridized carbons (Fsp3) is 0.667. The van der Waals surface area contributed by atoms with E-state index < -0.39 is 0 Å². The first-order chi connectivity index (χ1) is 9.13. The molecule has 0 saturated heterocycles. The lowest BCUT2D eigenvalue weighted by Crippen LogP contribution is -2.46. The predicted octanol–water partition coefficient (Wildman–Crippen LogP) is 4.66. The highest BCUT2D eigenvalue weighted by Crippen LogP contribution is 2.37. The molecule has 1 heteroatoms. The number of hydrogen-bond donors (Lipinski definition) is 1. The van der Waals surface area contributed by atoms with Gasteiger partial charge in [0.25, 0.3) is 0 Å². The summed E-state index contributed by atoms with van der Waals surface area (Å²) < 4.78 is 0. The van der Waals surface area contributed by atoms with Gasteiger partial charge in [0.05, 0.1) is 0 Å². The maximum absolute atomic E-state index is 3.83. The fourth-order valence-electron chi connectivity index (χ4n) is 3.37. The van der Waals surface area contributed by atoms with Crippen LogP contribution in [-0.4, -0.2) is 12.1 Å². The van der Waals surface area contributed by atoms with Gasteiger partial charge < -0.3 is 5.32 Å². The van der Waals surface area contributed by atoms with Crippen LogP contribution in [0.1, 0.15) is 63.5 Å². The molecule has 1 nitrogen and oxygen atoms in total. The number of benzene rings is 1. The van der Waals surface area contributed by atoms with Crippen LogP contribution in [0.15, 0.2) is 24.3 Å². The van der Waals surface area contributed by atoms with Crippen LogP contribution in [0.2, 0.25) is 0 Å². The maximum atomic E-state index is 3.83. The van der Waals surface area contributed by atoms with E-state index in [0.29, 0.717) is 6.04 Å². The Morgan fingerprint density at radius 1 is 1.11 bits per heavy atom. The molecular weight excluding hydrogens is 230 g/mol. The van der Waals surface area contributed by atoms with Gasteiger partial charge in [-0.25, -0.2) is 0 Å². The second kappa shape index (κ2) is 6.56. The van der Waals surface area contributed by atoms with Crippen LogP contribution < -0.4 is 5.32 Å². The molecule has 0 bridgehead atoms. The van der Waals surface area contributed by atoms with Crippen molar-refractivity contribution < 1.29 is 0 Å². The Labute approximate surface area is 118 Å². The van der Waals surface area contributed by atoms with Crippen LogP contribution in [-0.2, 0) is 0 Å². The van der Waals surface area contributed by atoms with Crippen molar-refractivity contribution in [2.24, 2.45) is 5.92 Å². The molecule has 1 fully saturated rings. The molecule has 1 N–H and O–H groups in total. The minimum atomic E-state index is 0.666. The molecule has 2 rings (SSSR count). The van der Waals surface area contributed by atoms with Crippen LogP contribution in [0.25, 0.3) is 0 Å². The van der Waals surface area contributed by atoms with Gasteiger partial charge in [-0.3, -0.25) is 0 Å². The minimum absolute atomic E-state index is 0.666. The van der Waals surface area contributed by atoms with Gasteiger partial charge in [-0.2, -0.15) is 0 Å². The normalized spacial score (nSPS) is 24.3. The fourth-order valence-corrected chi connectivity index (χ4v) is 3.37. The van der Waals surface area contributed by atoms with E-state index in [9.17, 15) is 0 Å². The summed E-state index contributed by atoms with van der Waals surface area (Å²) in [7, 11) is 0. The molecule has 1 aliphatic rings. The second-order valence-corrected chi connectivity index (χ2v) is 6.31. The van der Waals surface area contributed by atoms with Gasteiger partial charge in [-0.15, -0.1) is 0 Å². The summed E-state index contributed by atoms with van der Waals surface area (Å²) in [4.78, 5) is 0. The van der Waals surface area contributed by atoms with Gasteiger partial charge >= 0.3 is 0 Å². The van der Waals surface area contributed by atoms with Gasteiger partial charge in [0, 0.05) is 12.1 Å². The summed E-state index contributed by atoms with van der Waals surface area (Å²) in [6, 6.07) is 10.5. The zero-order valence-electron chi connectivity index (χ0n) is 12.9. The van der Waals surface area contributed by atoms with Gasteiger partial charge in [0.1, 0.15) is 0 Å². The van der Waals surface area contributed by atoms with E-state index in [2.05, 4.69) is 57.3 Å². The van der Waals surface area contributed by atoms with Gasteiger partial charge in [-0.05, 0) is 44.1 Å². The Hall–Kier alpha value is -0.820. The van der Waals surface area contributed by atoms with Crippen molar-refractivity contribution in [3.05, 3.63) is 35.4 Å². The van der Waals surface area contributed by atoms with Gasteiger partial charge in [0.2, 0.25) is 0 Å². The summed E-state index contributed by atoms with van der Waals surface area (Å²) in [5, 5.41) is 3.83. The van der Waals surface area contributed by atoms with Crippen molar-refractivity contribution >= 4 is 0 Å². The highest BCUT2D eigenvalue weighted by Gasteiger charge is 2.31. The summed E-state index contributed by atoms with van der Waals surface area (Å²) in [5.41, 5.74) is 2.89.